The van der Waals surface area contributed by atoms with Crippen molar-refractivity contribution in [1.29, 1.82) is 0 Å². The van der Waals surface area contributed by atoms with Crippen LogP contribution in [0.3, 0.4) is 0 Å². The summed E-state index contributed by atoms with van der Waals surface area (Å²) in [4.78, 5) is 45.6. The van der Waals surface area contributed by atoms with Gasteiger partial charge < -0.3 is 24.6 Å². The van der Waals surface area contributed by atoms with Gasteiger partial charge >= 0.3 is 0 Å². The number of ketones is 1. The normalized spacial score (nSPS) is 26.3. The minimum Gasteiger partial charge on any atom is -0.383 e. The molecule has 5 rings (SSSR count). The average Bonchev–Trinajstić information content (AvgIpc) is 3.62. The first-order valence-electron chi connectivity index (χ1n) is 12.8. The van der Waals surface area contributed by atoms with Crippen LogP contribution in [0.5, 0.6) is 0 Å². The van der Waals surface area contributed by atoms with Gasteiger partial charge in [0, 0.05) is 57.6 Å². The number of carbonyl (C=O) groups is 3. The van der Waals surface area contributed by atoms with Crippen LogP contribution in [0.1, 0.15) is 42.5 Å². The number of methoxy groups -OCH3 is 1. The highest BCUT2D eigenvalue weighted by Gasteiger charge is 2.53. The molecular formula is C26H36N4O5. The Bertz CT molecular complexity index is 938. The van der Waals surface area contributed by atoms with Gasteiger partial charge in [-0.05, 0) is 43.5 Å². The zero-order valence-electron chi connectivity index (χ0n) is 20.5. The maximum absolute atomic E-state index is 13.7. The zero-order chi connectivity index (χ0) is 24.4. The van der Waals surface area contributed by atoms with Gasteiger partial charge in [0.25, 0.3) is 5.91 Å². The molecule has 35 heavy (non-hydrogen) atoms. The number of fused-ring (bicyclic) bond motifs is 1. The zero-order valence-corrected chi connectivity index (χ0v) is 20.5. The largest absolute Gasteiger partial charge is 0.383 e. The fourth-order valence-corrected chi connectivity index (χ4v) is 6.03. The molecule has 0 spiro atoms. The molecule has 4 aliphatic rings. The third-order valence-corrected chi connectivity index (χ3v) is 8.07. The van der Waals surface area contributed by atoms with E-state index in [4.69, 9.17) is 9.47 Å². The number of rotatable bonds is 7. The van der Waals surface area contributed by atoms with Gasteiger partial charge in [-0.15, -0.1) is 0 Å². The van der Waals surface area contributed by atoms with Gasteiger partial charge in [-0.1, -0.05) is 12.8 Å². The summed E-state index contributed by atoms with van der Waals surface area (Å²) in [6, 6.07) is 7.17. The molecule has 0 aromatic heterocycles. The number of anilines is 1. The Balaban J connectivity index is 1.23. The number of hydrogen-bond acceptors (Lipinski definition) is 7. The molecule has 3 saturated heterocycles. The van der Waals surface area contributed by atoms with Crippen LogP contribution in [0.4, 0.5) is 5.69 Å². The number of benzene rings is 1. The molecule has 4 fully saturated rings. The molecule has 0 bridgehead atoms. The molecule has 3 aliphatic heterocycles. The fraction of sp³-hybridized carbons (Fsp3) is 0.654. The molecule has 3 heterocycles. The van der Waals surface area contributed by atoms with Crippen molar-refractivity contribution in [3.63, 3.8) is 0 Å². The molecule has 2 amide bonds. The molecule has 1 aromatic carbocycles. The van der Waals surface area contributed by atoms with Crippen molar-refractivity contribution in [3.05, 3.63) is 29.8 Å². The van der Waals surface area contributed by atoms with Crippen LogP contribution in [0.25, 0.3) is 0 Å². The lowest BCUT2D eigenvalue weighted by atomic mass is 9.93. The Morgan fingerprint density at radius 2 is 1.80 bits per heavy atom. The predicted molar refractivity (Wildman–Crippen MR) is 131 cm³/mol. The van der Waals surface area contributed by atoms with Crippen LogP contribution >= 0.6 is 0 Å². The van der Waals surface area contributed by atoms with Crippen LogP contribution < -0.4 is 10.2 Å². The maximum atomic E-state index is 13.7. The molecule has 1 aromatic rings. The van der Waals surface area contributed by atoms with E-state index in [0.29, 0.717) is 31.4 Å². The first-order valence-corrected chi connectivity index (χ1v) is 12.8. The molecule has 1 N–H and O–H groups in total. The highest BCUT2D eigenvalue weighted by Crippen LogP contribution is 2.36. The third kappa shape index (κ3) is 4.81. The number of likely N-dealkylation sites (tertiary alicyclic amines) is 1. The van der Waals surface area contributed by atoms with Gasteiger partial charge in [0.05, 0.1) is 12.7 Å². The minimum absolute atomic E-state index is 0.0320. The molecule has 1 aliphatic carbocycles. The Kier molecular flexibility index (Phi) is 7.09. The van der Waals surface area contributed by atoms with Crippen molar-refractivity contribution in [2.24, 2.45) is 0 Å². The predicted octanol–water partition coefficient (Wildman–Crippen LogP) is 1.07. The summed E-state index contributed by atoms with van der Waals surface area (Å²) in [5, 5.41) is 3.09. The molecule has 190 valence electrons. The second kappa shape index (κ2) is 10.2. The van der Waals surface area contributed by atoms with Crippen LogP contribution in [0.15, 0.2) is 24.3 Å². The number of hydrogen-bond donors (Lipinski definition) is 1. The van der Waals surface area contributed by atoms with E-state index in [9.17, 15) is 14.4 Å². The smallest absolute Gasteiger partial charge is 0.252 e. The monoisotopic (exact) mass is 484 g/mol. The van der Waals surface area contributed by atoms with E-state index >= 15 is 0 Å². The highest BCUT2D eigenvalue weighted by atomic mass is 16.5. The molecule has 0 unspecified atom stereocenters. The van der Waals surface area contributed by atoms with Crippen LogP contribution in [-0.2, 0) is 19.1 Å². The van der Waals surface area contributed by atoms with Gasteiger partial charge in [0.1, 0.15) is 18.2 Å². The summed E-state index contributed by atoms with van der Waals surface area (Å²) in [7, 11) is 1.73. The van der Waals surface area contributed by atoms with Crippen molar-refractivity contribution in [3.8, 4) is 0 Å². The van der Waals surface area contributed by atoms with Gasteiger partial charge in [-0.25, -0.2) is 0 Å². The highest BCUT2D eigenvalue weighted by molar-refractivity contribution is 6.01. The van der Waals surface area contributed by atoms with E-state index < -0.39 is 11.6 Å². The summed E-state index contributed by atoms with van der Waals surface area (Å²) >= 11 is 0. The SMILES string of the molecule is COCCN1CCN(c2ccc(C(=O)NC3(C(=O)N4CC[C@H]5OCC(=O)[C@H]54)CCCC3)cc2)CC1. The first kappa shape index (κ1) is 24.2. The molecule has 9 nitrogen and oxygen atoms in total. The topological polar surface area (TPSA) is 91.4 Å². The average molecular weight is 485 g/mol. The molecule has 9 heteroatoms. The Labute approximate surface area is 206 Å². The first-order chi connectivity index (χ1) is 17.0. The summed E-state index contributed by atoms with van der Waals surface area (Å²) in [6.45, 7) is 6.13. The number of Topliss-reactive ketones (excluding diaryl/α,β-unsaturated/α-hetero) is 1. The van der Waals surface area contributed by atoms with Crippen molar-refractivity contribution in [1.82, 2.24) is 15.1 Å². The molecule has 0 radical (unpaired) electrons. The Morgan fingerprint density at radius 3 is 2.49 bits per heavy atom. The van der Waals surface area contributed by atoms with E-state index in [0.717, 1.165) is 57.9 Å². The lowest BCUT2D eigenvalue weighted by Crippen LogP contribution is -2.60. The Morgan fingerprint density at radius 1 is 1.09 bits per heavy atom. The summed E-state index contributed by atoms with van der Waals surface area (Å²) in [5.41, 5.74) is 0.708. The Hall–Kier alpha value is -2.49. The van der Waals surface area contributed by atoms with Crippen molar-refractivity contribution in [2.45, 2.75) is 49.8 Å². The van der Waals surface area contributed by atoms with Gasteiger partial charge in [-0.2, -0.15) is 0 Å². The number of nitrogens with zero attached hydrogens (tertiary/aromatic N) is 3. The maximum Gasteiger partial charge on any atom is 0.252 e. The van der Waals surface area contributed by atoms with E-state index in [1.165, 1.54) is 0 Å². The number of carbonyl (C=O) groups excluding carboxylic acids is 3. The summed E-state index contributed by atoms with van der Waals surface area (Å²) in [5.74, 6) is -0.394. The van der Waals surface area contributed by atoms with Crippen LogP contribution in [0.2, 0.25) is 0 Å². The standard InChI is InChI=1S/C26H36N4O5/c1-34-17-16-28-12-14-29(15-13-28)20-6-4-19(5-7-20)24(32)27-26(9-2-3-10-26)25(33)30-11-8-22-23(30)21(31)18-35-22/h4-7,22-23H,2-3,8-18H2,1H3,(H,27,32)/t22-,23-/m1/s1. The summed E-state index contributed by atoms with van der Waals surface area (Å²) < 4.78 is 10.7. The van der Waals surface area contributed by atoms with Crippen LogP contribution in [0, 0.1) is 0 Å². The lowest BCUT2D eigenvalue weighted by Gasteiger charge is -2.36. The number of ether oxygens (including phenoxy) is 2. The molecular weight excluding hydrogens is 448 g/mol. The van der Waals surface area contributed by atoms with Gasteiger partial charge in [0.2, 0.25) is 5.91 Å². The van der Waals surface area contributed by atoms with E-state index in [2.05, 4.69) is 15.1 Å². The second-order valence-electron chi connectivity index (χ2n) is 10.2. The third-order valence-electron chi connectivity index (χ3n) is 8.07. The van der Waals surface area contributed by atoms with Crippen molar-refractivity contribution < 1.29 is 23.9 Å². The minimum atomic E-state index is -0.938. The second-order valence-corrected chi connectivity index (χ2v) is 10.2. The lowest BCUT2D eigenvalue weighted by molar-refractivity contribution is -0.142. The molecule has 1 saturated carbocycles. The van der Waals surface area contributed by atoms with Crippen LogP contribution in [-0.4, -0.2) is 105 Å². The molecule has 2 atom stereocenters. The van der Waals surface area contributed by atoms with E-state index in [-0.39, 0.29) is 30.3 Å². The quantitative estimate of drug-likeness (QED) is 0.619. The van der Waals surface area contributed by atoms with E-state index in [1.54, 1.807) is 12.0 Å². The number of nitrogens with one attached hydrogen (secondary N) is 1. The van der Waals surface area contributed by atoms with Gasteiger partial charge in [-0.3, -0.25) is 19.3 Å². The fourth-order valence-electron chi connectivity index (χ4n) is 6.03. The van der Waals surface area contributed by atoms with Crippen molar-refractivity contribution >= 4 is 23.3 Å². The van der Waals surface area contributed by atoms with Crippen molar-refractivity contribution in [2.75, 3.05) is 64.5 Å². The number of piperazine rings is 1. The van der Waals surface area contributed by atoms with E-state index in [1.807, 2.05) is 24.3 Å². The summed E-state index contributed by atoms with van der Waals surface area (Å²) in [6.07, 6.45) is 3.45. The number of amides is 2. The van der Waals surface area contributed by atoms with Gasteiger partial charge in [0.15, 0.2) is 5.78 Å².